The third-order valence-corrected chi connectivity index (χ3v) is 4.97. The summed E-state index contributed by atoms with van der Waals surface area (Å²) in [5.41, 5.74) is 0.318. The Kier molecular flexibility index (Phi) is 7.07. The first-order valence-electron chi connectivity index (χ1n) is 10.1. The Morgan fingerprint density at radius 1 is 1.16 bits per heavy atom. The molecule has 1 N–H and O–H groups in total. The first-order chi connectivity index (χ1) is 14.8. The highest BCUT2D eigenvalue weighted by molar-refractivity contribution is 6.46. The highest BCUT2D eigenvalue weighted by Gasteiger charge is 2.46. The number of rotatable bonds is 8. The van der Waals surface area contributed by atoms with Crippen molar-refractivity contribution in [2.24, 2.45) is 0 Å². The van der Waals surface area contributed by atoms with Crippen LogP contribution in [0.15, 0.2) is 54.1 Å². The number of hydrogen-bond acceptors (Lipinski definition) is 5. The Hall–Kier alpha value is -3.19. The Morgan fingerprint density at radius 2 is 1.90 bits per heavy atom. The summed E-state index contributed by atoms with van der Waals surface area (Å²) in [4.78, 5) is 27.0. The molecule has 0 bridgehead atoms. The van der Waals surface area contributed by atoms with E-state index in [-0.39, 0.29) is 29.5 Å². The van der Waals surface area contributed by atoms with E-state index in [0.29, 0.717) is 24.3 Å². The largest absolute Gasteiger partial charge is 0.507 e. The molecule has 0 aromatic heterocycles. The average molecular weight is 427 g/mol. The van der Waals surface area contributed by atoms with Gasteiger partial charge in [0.1, 0.15) is 17.3 Å². The van der Waals surface area contributed by atoms with E-state index in [4.69, 9.17) is 9.47 Å². The zero-order valence-electron chi connectivity index (χ0n) is 17.8. The Morgan fingerprint density at radius 3 is 2.58 bits per heavy atom. The lowest BCUT2D eigenvalue weighted by Crippen LogP contribution is -2.31. The highest BCUT2D eigenvalue weighted by Crippen LogP contribution is 2.40. The van der Waals surface area contributed by atoms with Gasteiger partial charge in [-0.3, -0.25) is 9.59 Å². The van der Waals surface area contributed by atoms with E-state index >= 15 is 0 Å². The molecule has 1 unspecified atom stereocenters. The van der Waals surface area contributed by atoms with Crippen LogP contribution in [0.5, 0.6) is 5.75 Å². The molecule has 31 heavy (non-hydrogen) atoms. The van der Waals surface area contributed by atoms with Gasteiger partial charge in [-0.1, -0.05) is 30.3 Å². The standard InChI is InChI=1S/C24H26FNO5/c1-15(2)31-17-9-6-8-16(14-17)22(27)20-21(18-10-4-5-11-19(18)25)26(12-7-13-30-3)24(29)23(20)28/h4-6,8-11,14-15,21,27H,7,12-13H2,1-3H3/b22-20-. The third kappa shape index (κ3) is 4.77. The van der Waals surface area contributed by atoms with E-state index in [9.17, 15) is 19.1 Å². The Labute approximate surface area is 180 Å². The number of aliphatic hydroxyl groups is 1. The van der Waals surface area contributed by atoms with Crippen LogP contribution in [0.2, 0.25) is 0 Å². The lowest BCUT2D eigenvalue weighted by atomic mass is 9.95. The first kappa shape index (κ1) is 22.5. The molecular weight excluding hydrogens is 401 g/mol. The van der Waals surface area contributed by atoms with Gasteiger partial charge >= 0.3 is 0 Å². The minimum Gasteiger partial charge on any atom is -0.507 e. The molecular formula is C24H26FNO5. The number of ketones is 1. The second kappa shape index (κ2) is 9.75. The van der Waals surface area contributed by atoms with Crippen LogP contribution >= 0.6 is 0 Å². The number of benzene rings is 2. The third-order valence-electron chi connectivity index (χ3n) is 4.97. The number of amides is 1. The van der Waals surface area contributed by atoms with Crippen molar-refractivity contribution in [3.63, 3.8) is 0 Å². The van der Waals surface area contributed by atoms with Gasteiger partial charge in [0.25, 0.3) is 11.7 Å². The molecule has 6 nitrogen and oxygen atoms in total. The fourth-order valence-corrected chi connectivity index (χ4v) is 3.65. The molecule has 1 heterocycles. The smallest absolute Gasteiger partial charge is 0.295 e. The second-order valence-electron chi connectivity index (χ2n) is 7.55. The maximum Gasteiger partial charge on any atom is 0.295 e. The normalized spacial score (nSPS) is 18.1. The number of halogens is 1. The molecule has 1 fully saturated rings. The number of Topliss-reactive ketones (excluding diaryl/α,β-unsaturated/α-hetero) is 1. The van der Waals surface area contributed by atoms with Crippen molar-refractivity contribution in [3.05, 3.63) is 71.0 Å². The fraction of sp³-hybridized carbons (Fsp3) is 0.333. The van der Waals surface area contributed by atoms with Crippen molar-refractivity contribution < 1.29 is 28.6 Å². The molecule has 0 spiro atoms. The number of ether oxygens (including phenoxy) is 2. The molecule has 2 aromatic rings. The molecule has 164 valence electrons. The van der Waals surface area contributed by atoms with Gasteiger partial charge in [0.2, 0.25) is 0 Å². The lowest BCUT2D eigenvalue weighted by Gasteiger charge is -2.25. The number of aliphatic hydroxyl groups excluding tert-OH is 1. The summed E-state index contributed by atoms with van der Waals surface area (Å²) in [6, 6.07) is 11.5. The van der Waals surface area contributed by atoms with E-state index in [2.05, 4.69) is 0 Å². The van der Waals surface area contributed by atoms with E-state index in [1.165, 1.54) is 30.2 Å². The molecule has 1 amide bonds. The van der Waals surface area contributed by atoms with Crippen LogP contribution < -0.4 is 4.74 Å². The van der Waals surface area contributed by atoms with Crippen LogP contribution in [0.1, 0.15) is 37.4 Å². The van der Waals surface area contributed by atoms with Crippen LogP contribution in [-0.2, 0) is 14.3 Å². The zero-order valence-corrected chi connectivity index (χ0v) is 17.8. The van der Waals surface area contributed by atoms with E-state index in [1.54, 1.807) is 30.3 Å². The highest BCUT2D eigenvalue weighted by atomic mass is 19.1. The minimum atomic E-state index is -1.03. The molecule has 1 aliphatic rings. The molecule has 3 rings (SSSR count). The fourth-order valence-electron chi connectivity index (χ4n) is 3.65. The molecule has 0 aliphatic carbocycles. The Bertz CT molecular complexity index is 1000. The molecule has 0 radical (unpaired) electrons. The minimum absolute atomic E-state index is 0.0813. The van der Waals surface area contributed by atoms with Crippen molar-refractivity contribution in [2.45, 2.75) is 32.4 Å². The molecule has 0 saturated carbocycles. The van der Waals surface area contributed by atoms with Gasteiger partial charge < -0.3 is 19.5 Å². The van der Waals surface area contributed by atoms with Gasteiger partial charge in [-0.2, -0.15) is 0 Å². The van der Waals surface area contributed by atoms with Crippen molar-refractivity contribution in [1.29, 1.82) is 0 Å². The number of nitrogens with zero attached hydrogens (tertiary/aromatic N) is 1. The maximum absolute atomic E-state index is 14.7. The monoisotopic (exact) mass is 427 g/mol. The molecule has 1 atom stereocenters. The predicted octanol–water partition coefficient (Wildman–Crippen LogP) is 4.07. The topological polar surface area (TPSA) is 76.1 Å². The van der Waals surface area contributed by atoms with Gasteiger partial charge in [-0.05, 0) is 38.5 Å². The van der Waals surface area contributed by atoms with Crippen LogP contribution in [0.3, 0.4) is 0 Å². The average Bonchev–Trinajstić information content (AvgIpc) is 2.98. The van der Waals surface area contributed by atoms with Gasteiger partial charge in [-0.15, -0.1) is 0 Å². The molecule has 7 heteroatoms. The van der Waals surface area contributed by atoms with E-state index < -0.39 is 23.5 Å². The van der Waals surface area contributed by atoms with E-state index in [0.717, 1.165) is 0 Å². The molecule has 1 saturated heterocycles. The van der Waals surface area contributed by atoms with Crippen LogP contribution in [0.4, 0.5) is 4.39 Å². The zero-order chi connectivity index (χ0) is 22.5. The number of carbonyl (C=O) groups is 2. The summed E-state index contributed by atoms with van der Waals surface area (Å²) >= 11 is 0. The first-order valence-corrected chi connectivity index (χ1v) is 10.1. The molecule has 2 aromatic carbocycles. The Balaban J connectivity index is 2.12. The maximum atomic E-state index is 14.7. The summed E-state index contributed by atoms with van der Waals surface area (Å²) in [6.45, 7) is 4.30. The second-order valence-corrected chi connectivity index (χ2v) is 7.55. The van der Waals surface area contributed by atoms with Crippen LogP contribution in [-0.4, -0.2) is 48.1 Å². The summed E-state index contributed by atoms with van der Waals surface area (Å²) in [5.74, 6) is -2.04. The number of likely N-dealkylation sites (tertiary alicyclic amines) is 1. The predicted molar refractivity (Wildman–Crippen MR) is 114 cm³/mol. The number of hydrogen-bond donors (Lipinski definition) is 1. The summed E-state index contributed by atoms with van der Waals surface area (Å²) in [5, 5.41) is 11.1. The van der Waals surface area contributed by atoms with Crippen molar-refractivity contribution in [3.8, 4) is 5.75 Å². The van der Waals surface area contributed by atoms with Crippen molar-refractivity contribution >= 4 is 17.4 Å². The van der Waals surface area contributed by atoms with Crippen molar-refractivity contribution in [1.82, 2.24) is 4.90 Å². The SMILES string of the molecule is COCCCN1C(=O)C(=O)/C(=C(\O)c2cccc(OC(C)C)c2)C1c1ccccc1F. The number of methoxy groups -OCH3 is 1. The lowest BCUT2D eigenvalue weighted by molar-refractivity contribution is -0.140. The summed E-state index contributed by atoms with van der Waals surface area (Å²) in [7, 11) is 1.54. The van der Waals surface area contributed by atoms with Gasteiger partial charge in [-0.25, -0.2) is 4.39 Å². The van der Waals surface area contributed by atoms with Crippen LogP contribution in [0, 0.1) is 5.82 Å². The van der Waals surface area contributed by atoms with Crippen LogP contribution in [0.25, 0.3) is 5.76 Å². The summed E-state index contributed by atoms with van der Waals surface area (Å²) in [6.07, 6.45) is 0.383. The van der Waals surface area contributed by atoms with Crippen molar-refractivity contribution in [2.75, 3.05) is 20.3 Å². The quantitative estimate of drug-likeness (QED) is 0.297. The number of carbonyl (C=O) groups excluding carboxylic acids is 2. The van der Waals surface area contributed by atoms with E-state index in [1.807, 2.05) is 13.8 Å². The van der Waals surface area contributed by atoms with Gasteiger partial charge in [0, 0.05) is 31.4 Å². The molecule has 1 aliphatic heterocycles. The van der Waals surface area contributed by atoms with Gasteiger partial charge in [0.05, 0.1) is 17.7 Å². The van der Waals surface area contributed by atoms with Gasteiger partial charge in [0.15, 0.2) is 0 Å². The summed E-state index contributed by atoms with van der Waals surface area (Å²) < 4.78 is 25.4.